The Labute approximate surface area is 100 Å². The highest BCUT2D eigenvalue weighted by atomic mass is 16.5. The van der Waals surface area contributed by atoms with E-state index < -0.39 is 0 Å². The van der Waals surface area contributed by atoms with Crippen molar-refractivity contribution in [3.05, 3.63) is 0 Å². The highest BCUT2D eigenvalue weighted by Gasteiger charge is 2.27. The molecule has 4 atom stereocenters. The van der Waals surface area contributed by atoms with Gasteiger partial charge in [-0.1, -0.05) is 26.2 Å². The molecule has 0 spiro atoms. The standard InChI is InChI=1S/C14H27NO/c1-3-12-6-4-5-7-14(12)15-10-13-8-9-16-11(13)2/h11-15H,3-10H2,1-2H3. The minimum absolute atomic E-state index is 0.469. The third-order valence-corrected chi connectivity index (χ3v) is 4.61. The minimum atomic E-state index is 0.469. The lowest BCUT2D eigenvalue weighted by Crippen LogP contribution is -2.41. The zero-order valence-electron chi connectivity index (χ0n) is 10.9. The molecule has 0 aromatic carbocycles. The van der Waals surface area contributed by atoms with Gasteiger partial charge >= 0.3 is 0 Å². The van der Waals surface area contributed by atoms with Crippen LogP contribution in [-0.2, 0) is 4.74 Å². The third-order valence-electron chi connectivity index (χ3n) is 4.61. The lowest BCUT2D eigenvalue weighted by molar-refractivity contribution is 0.103. The van der Waals surface area contributed by atoms with E-state index >= 15 is 0 Å². The summed E-state index contributed by atoms with van der Waals surface area (Å²) in [5, 5.41) is 3.81. The van der Waals surface area contributed by atoms with Crippen LogP contribution in [0.4, 0.5) is 0 Å². The molecule has 0 amide bonds. The van der Waals surface area contributed by atoms with Crippen LogP contribution in [-0.4, -0.2) is 25.3 Å². The lowest BCUT2D eigenvalue weighted by Gasteiger charge is -2.32. The smallest absolute Gasteiger partial charge is 0.0588 e. The molecule has 2 aliphatic rings. The van der Waals surface area contributed by atoms with Crippen LogP contribution in [0.25, 0.3) is 0 Å². The fourth-order valence-corrected chi connectivity index (χ4v) is 3.31. The SMILES string of the molecule is CCC1CCCCC1NCC1CCOC1C. The third kappa shape index (κ3) is 2.98. The van der Waals surface area contributed by atoms with Crippen molar-refractivity contribution < 1.29 is 4.74 Å². The van der Waals surface area contributed by atoms with Gasteiger partial charge in [0, 0.05) is 19.2 Å². The van der Waals surface area contributed by atoms with Crippen molar-refractivity contribution in [1.29, 1.82) is 0 Å². The molecule has 1 saturated carbocycles. The van der Waals surface area contributed by atoms with Crippen molar-refractivity contribution in [1.82, 2.24) is 5.32 Å². The highest BCUT2D eigenvalue weighted by molar-refractivity contribution is 4.83. The molecule has 1 saturated heterocycles. The van der Waals surface area contributed by atoms with E-state index in [1.54, 1.807) is 0 Å². The largest absolute Gasteiger partial charge is 0.378 e. The quantitative estimate of drug-likeness (QED) is 0.794. The highest BCUT2D eigenvalue weighted by Crippen LogP contribution is 2.27. The Morgan fingerprint density at radius 3 is 2.62 bits per heavy atom. The summed E-state index contributed by atoms with van der Waals surface area (Å²) in [5.74, 6) is 1.67. The van der Waals surface area contributed by atoms with Crippen LogP contribution in [0.15, 0.2) is 0 Å². The minimum Gasteiger partial charge on any atom is -0.378 e. The van der Waals surface area contributed by atoms with Crippen molar-refractivity contribution >= 4 is 0 Å². The van der Waals surface area contributed by atoms with Gasteiger partial charge in [-0.05, 0) is 38.0 Å². The van der Waals surface area contributed by atoms with Crippen molar-refractivity contribution in [3.63, 3.8) is 0 Å². The van der Waals surface area contributed by atoms with Crippen LogP contribution in [0, 0.1) is 11.8 Å². The molecule has 1 aliphatic carbocycles. The van der Waals surface area contributed by atoms with Gasteiger partial charge in [-0.2, -0.15) is 0 Å². The Kier molecular flexibility index (Phi) is 4.66. The Bertz CT molecular complexity index is 207. The monoisotopic (exact) mass is 225 g/mol. The van der Waals surface area contributed by atoms with E-state index in [-0.39, 0.29) is 0 Å². The number of nitrogens with one attached hydrogen (secondary N) is 1. The summed E-state index contributed by atoms with van der Waals surface area (Å²) >= 11 is 0. The molecule has 2 fully saturated rings. The van der Waals surface area contributed by atoms with Gasteiger partial charge in [0.15, 0.2) is 0 Å². The van der Waals surface area contributed by atoms with E-state index in [0.29, 0.717) is 6.10 Å². The van der Waals surface area contributed by atoms with Gasteiger partial charge < -0.3 is 10.1 Å². The predicted octanol–water partition coefficient (Wildman–Crippen LogP) is 2.97. The number of ether oxygens (including phenoxy) is 1. The molecule has 2 rings (SSSR count). The number of hydrogen-bond acceptors (Lipinski definition) is 2. The van der Waals surface area contributed by atoms with Crippen molar-refractivity contribution in [3.8, 4) is 0 Å². The van der Waals surface area contributed by atoms with Gasteiger partial charge in [-0.3, -0.25) is 0 Å². The van der Waals surface area contributed by atoms with Gasteiger partial charge in [-0.15, -0.1) is 0 Å². The van der Waals surface area contributed by atoms with E-state index in [1.807, 2.05) is 0 Å². The molecule has 94 valence electrons. The van der Waals surface area contributed by atoms with Gasteiger partial charge in [-0.25, -0.2) is 0 Å². The van der Waals surface area contributed by atoms with Crippen molar-refractivity contribution in [2.75, 3.05) is 13.2 Å². The maximum atomic E-state index is 5.62. The summed E-state index contributed by atoms with van der Waals surface area (Å²) in [4.78, 5) is 0. The van der Waals surface area contributed by atoms with E-state index in [0.717, 1.165) is 24.5 Å². The summed E-state index contributed by atoms with van der Waals surface area (Å²) in [7, 11) is 0. The molecular formula is C14H27NO. The first-order valence-electron chi connectivity index (χ1n) is 7.16. The molecule has 16 heavy (non-hydrogen) atoms. The van der Waals surface area contributed by atoms with Crippen molar-refractivity contribution in [2.24, 2.45) is 11.8 Å². The van der Waals surface area contributed by atoms with Gasteiger partial charge in [0.25, 0.3) is 0 Å². The second kappa shape index (κ2) is 6.02. The van der Waals surface area contributed by atoms with E-state index in [4.69, 9.17) is 4.74 Å². The molecule has 0 aromatic rings. The second-order valence-corrected chi connectivity index (χ2v) is 5.59. The molecule has 2 nitrogen and oxygen atoms in total. The zero-order valence-corrected chi connectivity index (χ0v) is 10.9. The molecule has 4 unspecified atom stereocenters. The molecule has 2 heteroatoms. The Balaban J connectivity index is 1.75. The Morgan fingerprint density at radius 2 is 1.94 bits per heavy atom. The van der Waals surface area contributed by atoms with Crippen LogP contribution < -0.4 is 5.32 Å². The average Bonchev–Trinajstić information content (AvgIpc) is 2.72. The lowest BCUT2D eigenvalue weighted by atomic mass is 9.82. The molecule has 0 radical (unpaired) electrons. The molecule has 1 N–H and O–H groups in total. The molecular weight excluding hydrogens is 198 g/mol. The summed E-state index contributed by atoms with van der Waals surface area (Å²) in [5.41, 5.74) is 0. The van der Waals surface area contributed by atoms with E-state index in [2.05, 4.69) is 19.2 Å². The molecule has 1 heterocycles. The van der Waals surface area contributed by atoms with Gasteiger partial charge in [0.05, 0.1) is 6.10 Å². The Hall–Kier alpha value is -0.0800. The summed E-state index contributed by atoms with van der Waals surface area (Å²) in [6.07, 6.45) is 8.75. The molecule has 0 aromatic heterocycles. The first kappa shape index (κ1) is 12.4. The van der Waals surface area contributed by atoms with Crippen LogP contribution in [0.2, 0.25) is 0 Å². The predicted molar refractivity (Wildman–Crippen MR) is 67.6 cm³/mol. The zero-order chi connectivity index (χ0) is 11.4. The normalized spacial score (nSPS) is 40.1. The first-order chi connectivity index (χ1) is 7.81. The van der Waals surface area contributed by atoms with Crippen LogP contribution >= 0.6 is 0 Å². The van der Waals surface area contributed by atoms with Crippen LogP contribution in [0.1, 0.15) is 52.4 Å². The maximum absolute atomic E-state index is 5.62. The molecule has 0 bridgehead atoms. The fourth-order valence-electron chi connectivity index (χ4n) is 3.31. The topological polar surface area (TPSA) is 21.3 Å². The molecule has 1 aliphatic heterocycles. The summed E-state index contributed by atoms with van der Waals surface area (Å²) < 4.78 is 5.62. The van der Waals surface area contributed by atoms with Gasteiger partial charge in [0.1, 0.15) is 0 Å². The summed E-state index contributed by atoms with van der Waals surface area (Å²) in [6.45, 7) is 6.70. The fraction of sp³-hybridized carbons (Fsp3) is 1.00. The average molecular weight is 225 g/mol. The first-order valence-corrected chi connectivity index (χ1v) is 7.16. The van der Waals surface area contributed by atoms with Crippen molar-refractivity contribution in [2.45, 2.75) is 64.5 Å². The van der Waals surface area contributed by atoms with E-state index in [9.17, 15) is 0 Å². The maximum Gasteiger partial charge on any atom is 0.0588 e. The van der Waals surface area contributed by atoms with E-state index in [1.165, 1.54) is 45.1 Å². The van der Waals surface area contributed by atoms with Crippen LogP contribution in [0.5, 0.6) is 0 Å². The second-order valence-electron chi connectivity index (χ2n) is 5.59. The van der Waals surface area contributed by atoms with Crippen LogP contribution in [0.3, 0.4) is 0 Å². The number of hydrogen-bond donors (Lipinski definition) is 1. The summed E-state index contributed by atoms with van der Waals surface area (Å²) in [6, 6.07) is 0.784. The van der Waals surface area contributed by atoms with Gasteiger partial charge in [0.2, 0.25) is 0 Å². The Morgan fingerprint density at radius 1 is 1.12 bits per heavy atom. The number of rotatable bonds is 4.